The van der Waals surface area contributed by atoms with Gasteiger partial charge in [0.15, 0.2) is 0 Å². The Morgan fingerprint density at radius 3 is 2.81 bits per heavy atom. The minimum Gasteiger partial charge on any atom is -0.481 e. The van der Waals surface area contributed by atoms with Gasteiger partial charge in [-0.05, 0) is 60.6 Å². The topological polar surface area (TPSA) is 62.2 Å². The Hall–Kier alpha value is -2.88. The van der Waals surface area contributed by atoms with Gasteiger partial charge in [-0.2, -0.15) is 0 Å². The standard InChI is InChI=1S/C23H24N2O2/c1-3-14(4-2)16-6-5-7-18-17(16)9-11-22(18)25-15-8-10-21(24-13-15)19-12-20(19)23(26)27/h3-8,10,13,19-20,22,25H,1,9,11-12H2,2H3,(H,26,27)/b14-4+. The van der Waals surface area contributed by atoms with Gasteiger partial charge in [-0.15, -0.1) is 0 Å². The molecule has 0 radical (unpaired) electrons. The van der Waals surface area contributed by atoms with Crippen LogP contribution in [0.15, 0.2) is 55.3 Å². The van der Waals surface area contributed by atoms with Crippen molar-refractivity contribution in [3.05, 3.63) is 77.6 Å². The highest BCUT2D eigenvalue weighted by Crippen LogP contribution is 2.47. The Morgan fingerprint density at radius 1 is 1.33 bits per heavy atom. The molecule has 0 bridgehead atoms. The average molecular weight is 360 g/mol. The van der Waals surface area contributed by atoms with Crippen LogP contribution in [0.1, 0.15) is 54.1 Å². The Morgan fingerprint density at radius 2 is 2.19 bits per heavy atom. The number of carbonyl (C=O) groups is 1. The first-order valence-electron chi connectivity index (χ1n) is 9.48. The number of allylic oxidation sites excluding steroid dienone is 3. The molecule has 1 heterocycles. The zero-order chi connectivity index (χ0) is 19.0. The molecule has 2 aromatic rings. The van der Waals surface area contributed by atoms with Crippen molar-refractivity contribution in [1.82, 2.24) is 4.98 Å². The minimum absolute atomic E-state index is 0.0736. The summed E-state index contributed by atoms with van der Waals surface area (Å²) in [5, 5.41) is 12.7. The smallest absolute Gasteiger partial charge is 0.307 e. The lowest BCUT2D eigenvalue weighted by molar-refractivity contribution is -0.138. The quantitative estimate of drug-likeness (QED) is 0.715. The molecular weight excluding hydrogens is 336 g/mol. The van der Waals surface area contributed by atoms with Gasteiger partial charge in [-0.25, -0.2) is 0 Å². The highest BCUT2D eigenvalue weighted by molar-refractivity contribution is 5.77. The highest BCUT2D eigenvalue weighted by Gasteiger charge is 2.45. The number of fused-ring (bicyclic) bond motifs is 1. The lowest BCUT2D eigenvalue weighted by Crippen LogP contribution is -2.08. The number of pyridine rings is 1. The Balaban J connectivity index is 1.50. The number of hydrogen-bond donors (Lipinski definition) is 2. The molecule has 0 amide bonds. The van der Waals surface area contributed by atoms with Crippen LogP contribution < -0.4 is 5.32 Å². The molecule has 4 rings (SSSR count). The van der Waals surface area contributed by atoms with Crippen molar-refractivity contribution in [2.75, 3.05) is 5.32 Å². The summed E-state index contributed by atoms with van der Waals surface area (Å²) in [6, 6.07) is 10.7. The van der Waals surface area contributed by atoms with Gasteiger partial charge in [0.1, 0.15) is 0 Å². The maximum atomic E-state index is 11.0. The van der Waals surface area contributed by atoms with Crippen molar-refractivity contribution >= 4 is 17.2 Å². The Kier molecular flexibility index (Phi) is 4.56. The zero-order valence-electron chi connectivity index (χ0n) is 15.5. The number of aliphatic carboxylic acids is 1. The van der Waals surface area contributed by atoms with Crippen molar-refractivity contribution in [2.24, 2.45) is 5.92 Å². The van der Waals surface area contributed by atoms with Gasteiger partial charge in [0.25, 0.3) is 0 Å². The van der Waals surface area contributed by atoms with Gasteiger partial charge in [-0.3, -0.25) is 9.78 Å². The molecule has 1 fully saturated rings. The summed E-state index contributed by atoms with van der Waals surface area (Å²) >= 11 is 0. The SMILES string of the molecule is C=C/C(=C\C)c1cccc2c1CCC2Nc1ccc(C2CC2C(=O)O)nc1. The molecule has 1 aromatic heterocycles. The molecule has 27 heavy (non-hydrogen) atoms. The van der Waals surface area contributed by atoms with Gasteiger partial charge in [0, 0.05) is 11.6 Å². The molecular formula is C23H24N2O2. The third-order valence-corrected chi connectivity index (χ3v) is 5.73. The Labute approximate surface area is 159 Å². The second-order valence-electron chi connectivity index (χ2n) is 7.32. The van der Waals surface area contributed by atoms with Gasteiger partial charge >= 0.3 is 5.97 Å². The fourth-order valence-corrected chi connectivity index (χ4v) is 4.16. The molecule has 2 aliphatic rings. The van der Waals surface area contributed by atoms with Crippen LogP contribution in [0.25, 0.3) is 5.57 Å². The predicted octanol–water partition coefficient (Wildman–Crippen LogP) is 4.96. The van der Waals surface area contributed by atoms with E-state index in [1.54, 1.807) is 0 Å². The van der Waals surface area contributed by atoms with Crippen molar-refractivity contribution in [3.63, 3.8) is 0 Å². The van der Waals surface area contributed by atoms with Crippen molar-refractivity contribution < 1.29 is 9.90 Å². The van der Waals surface area contributed by atoms with E-state index in [1.165, 1.54) is 22.3 Å². The first-order valence-corrected chi connectivity index (χ1v) is 9.48. The van der Waals surface area contributed by atoms with Gasteiger partial charge in [-0.1, -0.05) is 36.9 Å². The van der Waals surface area contributed by atoms with E-state index in [9.17, 15) is 4.79 Å². The van der Waals surface area contributed by atoms with Crippen LogP contribution in [-0.4, -0.2) is 16.1 Å². The summed E-state index contributed by atoms with van der Waals surface area (Å²) in [5.74, 6) is -0.908. The molecule has 2 N–H and O–H groups in total. The summed E-state index contributed by atoms with van der Waals surface area (Å²) in [5.41, 5.74) is 7.04. The van der Waals surface area contributed by atoms with E-state index in [0.29, 0.717) is 6.42 Å². The summed E-state index contributed by atoms with van der Waals surface area (Å²) in [6.07, 6.45) is 8.64. The first kappa shape index (κ1) is 17.5. The van der Waals surface area contributed by atoms with Crippen LogP contribution in [0.3, 0.4) is 0 Å². The van der Waals surface area contributed by atoms with E-state index in [4.69, 9.17) is 5.11 Å². The summed E-state index contributed by atoms with van der Waals surface area (Å²) in [4.78, 5) is 15.5. The maximum absolute atomic E-state index is 11.0. The number of benzene rings is 1. The molecule has 138 valence electrons. The van der Waals surface area contributed by atoms with Crippen molar-refractivity contribution in [2.45, 2.75) is 38.1 Å². The third-order valence-electron chi connectivity index (χ3n) is 5.73. The van der Waals surface area contributed by atoms with E-state index >= 15 is 0 Å². The summed E-state index contributed by atoms with van der Waals surface area (Å²) in [6.45, 7) is 5.98. The van der Waals surface area contributed by atoms with Gasteiger partial charge in [0.2, 0.25) is 0 Å². The molecule has 0 saturated heterocycles. The number of carboxylic acids is 1. The van der Waals surface area contributed by atoms with E-state index < -0.39 is 5.97 Å². The molecule has 0 spiro atoms. The third kappa shape index (κ3) is 3.27. The first-order chi connectivity index (χ1) is 13.1. The number of anilines is 1. The maximum Gasteiger partial charge on any atom is 0.307 e. The fourth-order valence-electron chi connectivity index (χ4n) is 4.16. The second-order valence-corrected chi connectivity index (χ2v) is 7.32. The van der Waals surface area contributed by atoms with Crippen LogP contribution in [0.5, 0.6) is 0 Å². The molecule has 4 nitrogen and oxygen atoms in total. The Bertz CT molecular complexity index is 914. The minimum atomic E-state index is -0.720. The van der Waals surface area contributed by atoms with Crippen LogP contribution >= 0.6 is 0 Å². The van der Waals surface area contributed by atoms with Crippen molar-refractivity contribution in [1.29, 1.82) is 0 Å². The number of nitrogens with zero attached hydrogens (tertiary/aromatic N) is 1. The average Bonchev–Trinajstić information content (AvgIpc) is 3.39. The molecule has 3 atom stereocenters. The van der Waals surface area contributed by atoms with Gasteiger partial charge in [0.05, 0.1) is 23.8 Å². The van der Waals surface area contributed by atoms with E-state index in [1.807, 2.05) is 31.3 Å². The van der Waals surface area contributed by atoms with E-state index in [0.717, 1.165) is 24.2 Å². The van der Waals surface area contributed by atoms with Crippen LogP contribution in [-0.2, 0) is 11.2 Å². The number of nitrogens with one attached hydrogen (secondary N) is 1. The lowest BCUT2D eigenvalue weighted by atomic mass is 9.96. The van der Waals surface area contributed by atoms with E-state index in [-0.39, 0.29) is 17.9 Å². The number of aromatic nitrogens is 1. The van der Waals surface area contributed by atoms with Crippen LogP contribution in [0.4, 0.5) is 5.69 Å². The van der Waals surface area contributed by atoms with Crippen molar-refractivity contribution in [3.8, 4) is 0 Å². The summed E-state index contributed by atoms with van der Waals surface area (Å²) < 4.78 is 0. The second kappa shape index (κ2) is 7.03. The summed E-state index contributed by atoms with van der Waals surface area (Å²) in [7, 11) is 0. The van der Waals surface area contributed by atoms with Crippen LogP contribution in [0, 0.1) is 5.92 Å². The van der Waals surface area contributed by atoms with E-state index in [2.05, 4.69) is 41.2 Å². The monoisotopic (exact) mass is 360 g/mol. The van der Waals surface area contributed by atoms with Crippen LogP contribution in [0.2, 0.25) is 0 Å². The molecule has 1 saturated carbocycles. The lowest BCUT2D eigenvalue weighted by Gasteiger charge is -2.16. The molecule has 2 aliphatic carbocycles. The largest absolute Gasteiger partial charge is 0.481 e. The number of carboxylic acid groups (broad SMARTS) is 1. The fraction of sp³-hybridized carbons (Fsp3) is 0.304. The predicted molar refractivity (Wildman–Crippen MR) is 108 cm³/mol. The molecule has 0 aliphatic heterocycles. The number of hydrogen-bond acceptors (Lipinski definition) is 3. The van der Waals surface area contributed by atoms with Gasteiger partial charge < -0.3 is 10.4 Å². The highest BCUT2D eigenvalue weighted by atomic mass is 16.4. The molecule has 1 aromatic carbocycles. The molecule has 4 heteroatoms. The molecule has 3 unspecified atom stereocenters. The number of rotatable bonds is 6. The normalized spacial score (nSPS) is 23.6. The zero-order valence-corrected chi connectivity index (χ0v) is 15.5.